The number of hydrogen-bond acceptors (Lipinski definition) is 12. The number of rotatable bonds is 16. The van der Waals surface area contributed by atoms with E-state index in [-0.39, 0.29) is 26.4 Å². The number of benzene rings is 4. The third-order valence-electron chi connectivity index (χ3n) is 6.53. The van der Waals surface area contributed by atoms with Gasteiger partial charge in [-0.3, -0.25) is 0 Å². The van der Waals surface area contributed by atoms with Crippen molar-refractivity contribution in [1.82, 2.24) is 0 Å². The van der Waals surface area contributed by atoms with E-state index in [1.54, 1.807) is 97.1 Å². The lowest BCUT2D eigenvalue weighted by atomic mass is 9.92. The van der Waals surface area contributed by atoms with Gasteiger partial charge in [-0.25, -0.2) is 0 Å². The maximum absolute atomic E-state index is 8.83. The van der Waals surface area contributed by atoms with Crippen molar-refractivity contribution in [1.29, 1.82) is 0 Å². The molecule has 0 aliphatic rings. The van der Waals surface area contributed by atoms with Crippen molar-refractivity contribution in [2.75, 3.05) is 26.4 Å². The van der Waals surface area contributed by atoms with E-state index >= 15 is 0 Å². The predicted molar refractivity (Wildman–Crippen MR) is 168 cm³/mol. The summed E-state index contributed by atoms with van der Waals surface area (Å²) in [5.41, 5.74) is 1.93. The molecule has 0 aromatic heterocycles. The van der Waals surface area contributed by atoms with Crippen molar-refractivity contribution in [2.24, 2.45) is 26.0 Å². The van der Waals surface area contributed by atoms with Crippen LogP contribution in [0, 0.1) is 5.41 Å². The van der Waals surface area contributed by atoms with Gasteiger partial charge in [0.05, 0.1) is 24.9 Å². The Bertz CT molecular complexity index is 1330. The first-order chi connectivity index (χ1) is 22.0. The van der Waals surface area contributed by atoms with Crippen LogP contribution in [0.15, 0.2) is 118 Å². The van der Waals surface area contributed by atoms with Crippen molar-refractivity contribution in [3.05, 3.63) is 119 Å². The van der Waals surface area contributed by atoms with Crippen LogP contribution in [0.2, 0.25) is 0 Å². The molecule has 0 unspecified atom stereocenters. The maximum atomic E-state index is 8.83. The van der Waals surface area contributed by atoms with E-state index in [9.17, 15) is 0 Å². The number of oxime groups is 4. The molecule has 0 amide bonds. The molecule has 12 nitrogen and oxygen atoms in total. The van der Waals surface area contributed by atoms with Gasteiger partial charge < -0.3 is 39.8 Å². The predicted octanol–water partition coefficient (Wildman–Crippen LogP) is 5.52. The minimum absolute atomic E-state index is 0.125. The Kier molecular flexibility index (Phi) is 11.7. The molecule has 12 heteroatoms. The Morgan fingerprint density at radius 3 is 0.756 bits per heavy atom. The van der Waals surface area contributed by atoms with Crippen LogP contribution >= 0.6 is 0 Å². The Balaban J connectivity index is 1.61. The Labute approximate surface area is 259 Å². The molecule has 0 aliphatic heterocycles. The molecule has 0 atom stereocenters. The molecule has 0 radical (unpaired) electrons. The fourth-order valence-corrected chi connectivity index (χ4v) is 4.06. The van der Waals surface area contributed by atoms with Crippen molar-refractivity contribution in [3.8, 4) is 23.0 Å². The average molecular weight is 613 g/mol. The second-order valence-corrected chi connectivity index (χ2v) is 9.91. The molecule has 0 heterocycles. The molecule has 4 aromatic carbocycles. The quantitative estimate of drug-likeness (QED) is 0.0729. The number of hydrogen-bond donors (Lipinski definition) is 4. The maximum Gasteiger partial charge on any atom is 0.119 e. The van der Waals surface area contributed by atoms with E-state index in [0.717, 1.165) is 0 Å². The molecule has 0 saturated heterocycles. The van der Waals surface area contributed by atoms with Crippen LogP contribution in [0.5, 0.6) is 23.0 Å². The molecule has 45 heavy (non-hydrogen) atoms. The van der Waals surface area contributed by atoms with Gasteiger partial charge in [0.2, 0.25) is 0 Å². The third kappa shape index (κ3) is 10.0. The van der Waals surface area contributed by atoms with Gasteiger partial charge in [-0.05, 0) is 119 Å². The van der Waals surface area contributed by atoms with Crippen LogP contribution in [-0.2, 0) is 0 Å². The van der Waals surface area contributed by atoms with Crippen LogP contribution in [0.25, 0.3) is 0 Å². The summed E-state index contributed by atoms with van der Waals surface area (Å²) >= 11 is 0. The Morgan fingerprint density at radius 1 is 0.378 bits per heavy atom. The first-order valence-electron chi connectivity index (χ1n) is 13.7. The van der Waals surface area contributed by atoms with Gasteiger partial charge in [-0.2, -0.15) is 0 Å². The van der Waals surface area contributed by atoms with Gasteiger partial charge in [0.1, 0.15) is 54.8 Å². The topological polar surface area (TPSA) is 167 Å². The van der Waals surface area contributed by atoms with Crippen molar-refractivity contribution >= 4 is 24.9 Å². The Hall–Kier alpha value is -6.04. The molecular formula is C33H32N4O8. The lowest BCUT2D eigenvalue weighted by molar-refractivity contribution is -0.00351. The zero-order valence-corrected chi connectivity index (χ0v) is 24.1. The molecule has 4 aromatic rings. The second kappa shape index (κ2) is 16.6. The highest BCUT2D eigenvalue weighted by Gasteiger charge is 2.36. The summed E-state index contributed by atoms with van der Waals surface area (Å²) in [5.74, 6) is 2.29. The lowest BCUT2D eigenvalue weighted by Gasteiger charge is -2.33. The zero-order valence-electron chi connectivity index (χ0n) is 24.1. The fraction of sp³-hybridized carbons (Fsp3) is 0.152. The molecule has 4 rings (SSSR count). The van der Waals surface area contributed by atoms with Crippen molar-refractivity contribution in [3.63, 3.8) is 0 Å². The lowest BCUT2D eigenvalue weighted by Crippen LogP contribution is -2.45. The van der Waals surface area contributed by atoms with Crippen LogP contribution in [0.3, 0.4) is 0 Å². The normalized spacial score (nSPS) is 11.9. The summed E-state index contributed by atoms with van der Waals surface area (Å²) in [6, 6.07) is 28.1. The first kappa shape index (κ1) is 31.9. The molecule has 232 valence electrons. The van der Waals surface area contributed by atoms with Gasteiger partial charge in [0.25, 0.3) is 0 Å². The summed E-state index contributed by atoms with van der Waals surface area (Å²) in [6.45, 7) is 0.501. The van der Waals surface area contributed by atoms with E-state index in [2.05, 4.69) is 20.6 Å². The second-order valence-electron chi connectivity index (χ2n) is 9.91. The monoisotopic (exact) mass is 612 g/mol. The van der Waals surface area contributed by atoms with Gasteiger partial charge >= 0.3 is 0 Å². The average Bonchev–Trinajstić information content (AvgIpc) is 3.07. The summed E-state index contributed by atoms with van der Waals surface area (Å²) in [7, 11) is 0. The number of ether oxygens (including phenoxy) is 4. The van der Waals surface area contributed by atoms with E-state index in [4.69, 9.17) is 39.8 Å². The largest absolute Gasteiger partial charge is 0.493 e. The number of nitrogens with zero attached hydrogens (tertiary/aromatic N) is 4. The van der Waals surface area contributed by atoms with Gasteiger partial charge in [-0.15, -0.1) is 0 Å². The highest BCUT2D eigenvalue weighted by Crippen LogP contribution is 2.27. The van der Waals surface area contributed by atoms with E-state index < -0.39 is 5.41 Å². The zero-order chi connectivity index (χ0) is 31.7. The molecule has 4 N–H and O–H groups in total. The minimum atomic E-state index is -0.868. The highest BCUT2D eigenvalue weighted by molar-refractivity contribution is 5.80. The Morgan fingerprint density at radius 2 is 0.578 bits per heavy atom. The molecule has 0 aliphatic carbocycles. The van der Waals surface area contributed by atoms with Crippen LogP contribution in [0.1, 0.15) is 22.3 Å². The molecule has 0 fully saturated rings. The molecule has 0 spiro atoms. The third-order valence-corrected chi connectivity index (χ3v) is 6.53. The van der Waals surface area contributed by atoms with Crippen molar-refractivity contribution < 1.29 is 39.8 Å². The van der Waals surface area contributed by atoms with E-state index in [0.29, 0.717) is 45.3 Å². The summed E-state index contributed by atoms with van der Waals surface area (Å²) in [5, 5.41) is 47.5. The summed E-state index contributed by atoms with van der Waals surface area (Å²) in [6.07, 6.45) is 5.26. The summed E-state index contributed by atoms with van der Waals surface area (Å²) in [4.78, 5) is 0. The van der Waals surface area contributed by atoms with E-state index in [1.165, 1.54) is 24.9 Å². The fourth-order valence-electron chi connectivity index (χ4n) is 4.06. The minimum Gasteiger partial charge on any atom is -0.493 e. The standard InChI is InChI=1S/C33H32N4O8/c38-34-17-25-1-9-29(10-2-25)42-21-33(22-43-30-11-3-26(4-12-30)18-35-39,23-44-31-13-5-27(6-14-31)19-36-40)24-45-32-15-7-28(8-16-32)20-37-41/h1-20,38-41H,21-24H2/b34-17+,35-18+,36-19+,37-20+. The molecular weight excluding hydrogens is 580 g/mol. The van der Waals surface area contributed by atoms with Crippen LogP contribution in [0.4, 0.5) is 0 Å². The first-order valence-corrected chi connectivity index (χ1v) is 13.7. The van der Waals surface area contributed by atoms with Gasteiger partial charge in [-0.1, -0.05) is 20.6 Å². The van der Waals surface area contributed by atoms with Crippen LogP contribution < -0.4 is 18.9 Å². The van der Waals surface area contributed by atoms with E-state index in [1.807, 2.05) is 0 Å². The molecule has 0 saturated carbocycles. The van der Waals surface area contributed by atoms with Crippen LogP contribution in [-0.4, -0.2) is 72.1 Å². The molecule has 0 bridgehead atoms. The van der Waals surface area contributed by atoms with Gasteiger partial charge in [0, 0.05) is 0 Å². The van der Waals surface area contributed by atoms with Crippen molar-refractivity contribution in [2.45, 2.75) is 0 Å². The summed E-state index contributed by atoms with van der Waals surface area (Å²) < 4.78 is 25.0. The van der Waals surface area contributed by atoms with Gasteiger partial charge in [0.15, 0.2) is 0 Å². The highest BCUT2D eigenvalue weighted by atomic mass is 16.5. The SMILES string of the molecule is O/N=C/c1ccc(OCC(COc2ccc(/C=N/O)cc2)(COc2ccc(/C=N/O)cc2)COc2ccc(/C=N/O)cc2)cc1. The smallest absolute Gasteiger partial charge is 0.119 e.